The fraction of sp³-hybridized carbons (Fsp3) is 0.200. The summed E-state index contributed by atoms with van der Waals surface area (Å²) in [5, 5.41) is 4.17. The van der Waals surface area contributed by atoms with Crippen LogP contribution in [0.5, 0.6) is 0 Å². The average molecular weight is 239 g/mol. The number of rotatable bonds is 4. The fourth-order valence-electron chi connectivity index (χ4n) is 1.71. The molecule has 0 saturated heterocycles. The number of nitrogens with zero attached hydrogens (tertiary/aromatic N) is 2. The van der Waals surface area contributed by atoms with Crippen molar-refractivity contribution in [2.45, 2.75) is 20.4 Å². The lowest BCUT2D eigenvalue weighted by Crippen LogP contribution is -2.06. The first-order chi connectivity index (χ1) is 8.74. The second-order valence-corrected chi connectivity index (χ2v) is 4.29. The second-order valence-electron chi connectivity index (χ2n) is 4.29. The Kier molecular flexibility index (Phi) is 4.07. The zero-order valence-electron chi connectivity index (χ0n) is 10.7. The van der Waals surface area contributed by atoms with Crippen LogP contribution in [0.1, 0.15) is 22.5 Å². The summed E-state index contributed by atoms with van der Waals surface area (Å²) in [4.78, 5) is 4.34. The lowest BCUT2D eigenvalue weighted by atomic mass is 10.1. The quantitative estimate of drug-likeness (QED) is 0.658. The second kappa shape index (κ2) is 5.96. The summed E-state index contributed by atoms with van der Waals surface area (Å²) in [6.45, 7) is 4.78. The van der Waals surface area contributed by atoms with E-state index in [4.69, 9.17) is 0 Å². The number of hydrogen-bond donors (Lipinski definition) is 1. The fourth-order valence-corrected chi connectivity index (χ4v) is 1.71. The third kappa shape index (κ3) is 3.70. The molecule has 0 aliphatic carbocycles. The molecule has 0 amide bonds. The predicted molar refractivity (Wildman–Crippen MR) is 74.6 cm³/mol. The number of nitrogens with one attached hydrogen (secondary N) is 1. The van der Waals surface area contributed by atoms with Gasteiger partial charge in [-0.2, -0.15) is 5.10 Å². The van der Waals surface area contributed by atoms with Gasteiger partial charge in [0.2, 0.25) is 0 Å². The van der Waals surface area contributed by atoms with Gasteiger partial charge in [-0.25, -0.2) is 0 Å². The first-order valence-electron chi connectivity index (χ1n) is 5.99. The predicted octanol–water partition coefficient (Wildman–Crippen LogP) is 2.82. The van der Waals surface area contributed by atoms with Gasteiger partial charge in [0.25, 0.3) is 0 Å². The van der Waals surface area contributed by atoms with E-state index in [1.165, 1.54) is 11.1 Å². The highest BCUT2D eigenvalue weighted by Gasteiger charge is 1.92. The standard InChI is InChI=1S/C15H17N3/c1-12-5-3-7-14(9-12)10-16-17-11-15-8-4-6-13(2)18-15/h3-9,11,16H,10H2,1-2H3. The van der Waals surface area contributed by atoms with Crippen LogP contribution >= 0.6 is 0 Å². The van der Waals surface area contributed by atoms with E-state index in [0.717, 1.165) is 17.9 Å². The summed E-state index contributed by atoms with van der Waals surface area (Å²) in [7, 11) is 0. The van der Waals surface area contributed by atoms with E-state index in [9.17, 15) is 0 Å². The zero-order valence-corrected chi connectivity index (χ0v) is 10.7. The van der Waals surface area contributed by atoms with Crippen LogP contribution in [0.3, 0.4) is 0 Å². The van der Waals surface area contributed by atoms with Gasteiger partial charge in [0.05, 0.1) is 18.5 Å². The molecule has 3 heteroatoms. The Morgan fingerprint density at radius 3 is 2.78 bits per heavy atom. The van der Waals surface area contributed by atoms with Crippen LogP contribution in [0.15, 0.2) is 47.6 Å². The zero-order chi connectivity index (χ0) is 12.8. The number of hydrogen-bond acceptors (Lipinski definition) is 3. The molecule has 0 unspecified atom stereocenters. The minimum Gasteiger partial charge on any atom is -0.306 e. The molecular formula is C15H17N3. The lowest BCUT2D eigenvalue weighted by molar-refractivity contribution is 0.747. The van der Waals surface area contributed by atoms with Crippen LogP contribution in [0.4, 0.5) is 0 Å². The van der Waals surface area contributed by atoms with Gasteiger partial charge in [-0.15, -0.1) is 0 Å². The molecule has 1 heterocycles. The number of aryl methyl sites for hydroxylation is 2. The van der Waals surface area contributed by atoms with Crippen molar-refractivity contribution in [3.05, 3.63) is 65.0 Å². The maximum absolute atomic E-state index is 4.34. The molecule has 0 aliphatic heterocycles. The van der Waals surface area contributed by atoms with Crippen LogP contribution in [0.2, 0.25) is 0 Å². The molecule has 0 atom stereocenters. The Hall–Kier alpha value is -2.16. The number of aromatic nitrogens is 1. The first-order valence-corrected chi connectivity index (χ1v) is 5.99. The minimum absolute atomic E-state index is 0.726. The van der Waals surface area contributed by atoms with Gasteiger partial charge in [0.15, 0.2) is 0 Å². The molecule has 0 bridgehead atoms. The van der Waals surface area contributed by atoms with E-state index in [1.54, 1.807) is 6.21 Å². The van der Waals surface area contributed by atoms with Gasteiger partial charge >= 0.3 is 0 Å². The Labute approximate surface area is 108 Å². The van der Waals surface area contributed by atoms with Gasteiger partial charge in [-0.3, -0.25) is 4.98 Å². The minimum atomic E-state index is 0.726. The maximum atomic E-state index is 4.34. The summed E-state index contributed by atoms with van der Waals surface area (Å²) in [6, 6.07) is 14.3. The van der Waals surface area contributed by atoms with E-state index in [0.29, 0.717) is 0 Å². The molecule has 0 saturated carbocycles. The third-order valence-electron chi connectivity index (χ3n) is 2.56. The highest BCUT2D eigenvalue weighted by molar-refractivity contribution is 5.76. The van der Waals surface area contributed by atoms with Crippen molar-refractivity contribution in [2.75, 3.05) is 0 Å². The van der Waals surface area contributed by atoms with E-state index < -0.39 is 0 Å². The first kappa shape index (κ1) is 12.3. The molecule has 0 spiro atoms. The van der Waals surface area contributed by atoms with Gasteiger partial charge in [0, 0.05) is 5.69 Å². The lowest BCUT2D eigenvalue weighted by Gasteiger charge is -2.01. The monoisotopic (exact) mass is 239 g/mol. The molecule has 1 aromatic carbocycles. The third-order valence-corrected chi connectivity index (χ3v) is 2.56. The summed E-state index contributed by atoms with van der Waals surface area (Å²) in [6.07, 6.45) is 1.74. The van der Waals surface area contributed by atoms with Gasteiger partial charge < -0.3 is 5.43 Å². The van der Waals surface area contributed by atoms with Crippen molar-refractivity contribution in [1.82, 2.24) is 10.4 Å². The van der Waals surface area contributed by atoms with Crippen molar-refractivity contribution in [2.24, 2.45) is 5.10 Å². The summed E-state index contributed by atoms with van der Waals surface area (Å²) in [5.41, 5.74) is 7.38. The van der Waals surface area contributed by atoms with Crippen LogP contribution in [-0.4, -0.2) is 11.2 Å². The Balaban J connectivity index is 1.89. The largest absolute Gasteiger partial charge is 0.306 e. The van der Waals surface area contributed by atoms with Crippen LogP contribution < -0.4 is 5.43 Å². The van der Waals surface area contributed by atoms with Gasteiger partial charge in [-0.1, -0.05) is 35.9 Å². The van der Waals surface area contributed by atoms with E-state index in [-0.39, 0.29) is 0 Å². The smallest absolute Gasteiger partial charge is 0.0833 e. The van der Waals surface area contributed by atoms with Crippen LogP contribution in [0, 0.1) is 13.8 Å². The molecule has 92 valence electrons. The van der Waals surface area contributed by atoms with E-state index in [1.807, 2.05) is 25.1 Å². The molecule has 2 rings (SSSR count). The van der Waals surface area contributed by atoms with Crippen LogP contribution in [-0.2, 0) is 6.54 Å². The van der Waals surface area contributed by atoms with Gasteiger partial charge in [0.1, 0.15) is 0 Å². The average Bonchev–Trinajstić information content (AvgIpc) is 2.35. The SMILES string of the molecule is Cc1cccc(CNN=Cc2cccc(C)n2)c1. The molecule has 18 heavy (non-hydrogen) atoms. The summed E-state index contributed by atoms with van der Waals surface area (Å²) in [5.74, 6) is 0. The van der Waals surface area contributed by atoms with E-state index >= 15 is 0 Å². The molecule has 3 nitrogen and oxygen atoms in total. The topological polar surface area (TPSA) is 37.3 Å². The Morgan fingerprint density at radius 1 is 1.17 bits per heavy atom. The van der Waals surface area contributed by atoms with E-state index in [2.05, 4.69) is 46.7 Å². The highest BCUT2D eigenvalue weighted by Crippen LogP contribution is 2.03. The summed E-state index contributed by atoms with van der Waals surface area (Å²) < 4.78 is 0. The normalized spacial score (nSPS) is 10.8. The van der Waals surface area contributed by atoms with Crippen molar-refractivity contribution in [3.63, 3.8) is 0 Å². The highest BCUT2D eigenvalue weighted by atomic mass is 15.3. The van der Waals surface area contributed by atoms with Gasteiger partial charge in [-0.05, 0) is 31.5 Å². The molecule has 0 aliphatic rings. The van der Waals surface area contributed by atoms with Crippen molar-refractivity contribution in [1.29, 1.82) is 0 Å². The Bertz CT molecular complexity index is 547. The molecule has 1 aromatic heterocycles. The molecule has 1 N–H and O–H groups in total. The molecular weight excluding hydrogens is 222 g/mol. The number of benzene rings is 1. The summed E-state index contributed by atoms with van der Waals surface area (Å²) >= 11 is 0. The van der Waals surface area contributed by atoms with Crippen molar-refractivity contribution >= 4 is 6.21 Å². The van der Waals surface area contributed by atoms with Crippen LogP contribution in [0.25, 0.3) is 0 Å². The maximum Gasteiger partial charge on any atom is 0.0833 e. The van der Waals surface area contributed by atoms with Crippen molar-refractivity contribution in [3.8, 4) is 0 Å². The molecule has 0 radical (unpaired) electrons. The molecule has 2 aromatic rings. The Morgan fingerprint density at radius 2 is 2.00 bits per heavy atom. The van der Waals surface area contributed by atoms with Crippen molar-refractivity contribution < 1.29 is 0 Å². The number of hydrazone groups is 1. The molecule has 0 fully saturated rings. The number of pyridine rings is 1.